The first kappa shape index (κ1) is 29.9. The van der Waals surface area contributed by atoms with E-state index in [-0.39, 0.29) is 5.41 Å². The molecule has 9 rings (SSSR count). The van der Waals surface area contributed by atoms with Crippen molar-refractivity contribution in [2.24, 2.45) is 0 Å². The molecule has 238 valence electrons. The Balaban J connectivity index is 1.37. The van der Waals surface area contributed by atoms with Crippen molar-refractivity contribution in [3.63, 3.8) is 0 Å². The number of fused-ring (bicyclic) bond motifs is 4. The van der Waals surface area contributed by atoms with Gasteiger partial charge in [0.15, 0.2) is 0 Å². The Hall–Kier alpha value is -6.18. The van der Waals surface area contributed by atoms with Crippen LogP contribution in [0.5, 0.6) is 0 Å². The molecule has 0 atom stereocenters. The fraction of sp³-hybridized carbons (Fsp3) is 0.0612. The van der Waals surface area contributed by atoms with Crippen molar-refractivity contribution in [2.75, 3.05) is 4.90 Å². The van der Waals surface area contributed by atoms with Crippen LogP contribution < -0.4 is 4.90 Å². The molecule has 0 amide bonds. The van der Waals surface area contributed by atoms with Gasteiger partial charge in [-0.05, 0) is 85.6 Å². The second-order valence-electron chi connectivity index (χ2n) is 13.8. The minimum absolute atomic E-state index is 0.201. The molecule has 0 aliphatic heterocycles. The van der Waals surface area contributed by atoms with Gasteiger partial charge in [0.1, 0.15) is 0 Å². The van der Waals surface area contributed by atoms with Crippen LogP contribution in [0.3, 0.4) is 0 Å². The Labute approximate surface area is 294 Å². The van der Waals surface area contributed by atoms with E-state index >= 15 is 0 Å². The summed E-state index contributed by atoms with van der Waals surface area (Å²) < 4.78 is 0. The average molecular weight is 640 g/mol. The number of benzene rings is 8. The van der Waals surface area contributed by atoms with Gasteiger partial charge < -0.3 is 4.90 Å². The van der Waals surface area contributed by atoms with E-state index in [0.717, 1.165) is 17.1 Å². The minimum atomic E-state index is -0.201. The smallest absolute Gasteiger partial charge is 0.0543 e. The Morgan fingerprint density at radius 3 is 1.62 bits per heavy atom. The number of hydrogen-bond acceptors (Lipinski definition) is 1. The molecule has 1 heteroatoms. The maximum Gasteiger partial charge on any atom is 0.0543 e. The van der Waals surface area contributed by atoms with Crippen molar-refractivity contribution >= 4 is 27.8 Å². The van der Waals surface area contributed by atoms with Gasteiger partial charge in [0.05, 0.1) is 11.4 Å². The van der Waals surface area contributed by atoms with Crippen LogP contribution in [0.2, 0.25) is 0 Å². The molecule has 8 aromatic carbocycles. The minimum Gasteiger partial charge on any atom is -0.309 e. The highest BCUT2D eigenvalue weighted by molar-refractivity contribution is 6.01. The van der Waals surface area contributed by atoms with Crippen molar-refractivity contribution in [1.82, 2.24) is 0 Å². The molecule has 0 aromatic heterocycles. The van der Waals surface area contributed by atoms with Crippen molar-refractivity contribution in [3.8, 4) is 44.5 Å². The molecular weight excluding hydrogens is 603 g/mol. The van der Waals surface area contributed by atoms with E-state index in [1.54, 1.807) is 0 Å². The predicted octanol–water partition coefficient (Wildman–Crippen LogP) is 13.6. The van der Waals surface area contributed by atoms with Crippen molar-refractivity contribution in [3.05, 3.63) is 199 Å². The molecule has 1 nitrogen and oxygen atoms in total. The highest BCUT2D eigenvalue weighted by Crippen LogP contribution is 2.56. The summed E-state index contributed by atoms with van der Waals surface area (Å²) in [6, 6.07) is 68.7. The zero-order valence-electron chi connectivity index (χ0n) is 28.3. The molecule has 0 radical (unpaired) electrons. The molecule has 1 aliphatic rings. The van der Waals surface area contributed by atoms with Crippen LogP contribution in [0.25, 0.3) is 55.3 Å². The second kappa shape index (κ2) is 12.1. The van der Waals surface area contributed by atoms with Crippen LogP contribution in [-0.4, -0.2) is 0 Å². The number of hydrogen-bond donors (Lipinski definition) is 0. The molecule has 0 spiro atoms. The monoisotopic (exact) mass is 639 g/mol. The summed E-state index contributed by atoms with van der Waals surface area (Å²) in [6.45, 7) is 4.77. The number of anilines is 3. The highest BCUT2D eigenvalue weighted by Gasteiger charge is 2.38. The third-order valence-electron chi connectivity index (χ3n) is 10.4. The zero-order chi connectivity index (χ0) is 33.7. The van der Waals surface area contributed by atoms with E-state index in [1.807, 2.05) is 0 Å². The van der Waals surface area contributed by atoms with E-state index in [1.165, 1.54) is 66.4 Å². The van der Waals surface area contributed by atoms with E-state index in [2.05, 4.69) is 207 Å². The van der Waals surface area contributed by atoms with Crippen LogP contribution in [0.1, 0.15) is 25.0 Å². The van der Waals surface area contributed by atoms with Gasteiger partial charge in [-0.25, -0.2) is 0 Å². The van der Waals surface area contributed by atoms with Crippen molar-refractivity contribution in [1.29, 1.82) is 0 Å². The van der Waals surface area contributed by atoms with Gasteiger partial charge in [0.2, 0.25) is 0 Å². The molecule has 0 saturated heterocycles. The van der Waals surface area contributed by atoms with Crippen LogP contribution in [0.4, 0.5) is 17.1 Å². The van der Waals surface area contributed by atoms with E-state index in [4.69, 9.17) is 0 Å². The summed E-state index contributed by atoms with van der Waals surface area (Å²) in [5.74, 6) is 0. The molecule has 50 heavy (non-hydrogen) atoms. The maximum absolute atomic E-state index is 2.49. The standard InChI is InChI=1S/C49H37N/c1-49(2)44-27-16-26-41(36-20-8-4-9-21-36)48(44)43-32-42(37-22-10-5-11-23-37)47(33-45(43)49)50(39-30-29-34-17-12-13-24-38(34)31-39)46-28-15-14-25-40(46)35-18-6-3-7-19-35/h3-33H,1-2H3. The van der Waals surface area contributed by atoms with Gasteiger partial charge in [-0.15, -0.1) is 0 Å². The van der Waals surface area contributed by atoms with Crippen molar-refractivity contribution < 1.29 is 0 Å². The van der Waals surface area contributed by atoms with Crippen LogP contribution in [-0.2, 0) is 5.41 Å². The Bertz CT molecular complexity index is 2490. The largest absolute Gasteiger partial charge is 0.309 e. The quantitative estimate of drug-likeness (QED) is 0.175. The van der Waals surface area contributed by atoms with Gasteiger partial charge >= 0.3 is 0 Å². The molecule has 0 N–H and O–H groups in total. The SMILES string of the molecule is CC1(C)c2cc(N(c3ccc4ccccc4c3)c3ccccc3-c3ccccc3)c(-c3ccccc3)cc2-c2c(-c3ccccc3)cccc21. The van der Waals surface area contributed by atoms with Crippen LogP contribution >= 0.6 is 0 Å². The molecule has 0 fully saturated rings. The normalized spacial score (nSPS) is 12.8. The molecule has 1 aliphatic carbocycles. The summed E-state index contributed by atoms with van der Waals surface area (Å²) in [7, 11) is 0. The predicted molar refractivity (Wildman–Crippen MR) is 213 cm³/mol. The van der Waals surface area contributed by atoms with Gasteiger partial charge in [-0.1, -0.05) is 172 Å². The summed E-state index contributed by atoms with van der Waals surface area (Å²) in [5, 5.41) is 2.45. The van der Waals surface area contributed by atoms with E-state index in [9.17, 15) is 0 Å². The van der Waals surface area contributed by atoms with Crippen molar-refractivity contribution in [2.45, 2.75) is 19.3 Å². The lowest BCUT2D eigenvalue weighted by Gasteiger charge is -2.32. The Morgan fingerprint density at radius 1 is 0.360 bits per heavy atom. The third kappa shape index (κ3) is 4.94. The van der Waals surface area contributed by atoms with Crippen LogP contribution in [0.15, 0.2) is 188 Å². The molecule has 0 heterocycles. The Morgan fingerprint density at radius 2 is 0.920 bits per heavy atom. The maximum atomic E-state index is 2.49. The molecular formula is C49H37N. The number of rotatable bonds is 6. The second-order valence-corrected chi connectivity index (χ2v) is 13.8. The summed E-state index contributed by atoms with van der Waals surface area (Å²) in [6.07, 6.45) is 0. The molecule has 0 saturated carbocycles. The molecule has 0 bridgehead atoms. The zero-order valence-corrected chi connectivity index (χ0v) is 28.3. The fourth-order valence-corrected chi connectivity index (χ4v) is 7.97. The highest BCUT2D eigenvalue weighted by atomic mass is 15.1. The Kier molecular flexibility index (Phi) is 7.21. The molecule has 8 aromatic rings. The lowest BCUT2D eigenvalue weighted by Crippen LogP contribution is -2.17. The van der Waals surface area contributed by atoms with E-state index < -0.39 is 0 Å². The number of nitrogens with zero attached hydrogens (tertiary/aromatic N) is 1. The number of para-hydroxylation sites is 1. The third-order valence-corrected chi connectivity index (χ3v) is 10.4. The summed E-state index contributed by atoms with van der Waals surface area (Å²) in [4.78, 5) is 2.49. The van der Waals surface area contributed by atoms with Gasteiger partial charge in [0, 0.05) is 22.2 Å². The first-order valence-electron chi connectivity index (χ1n) is 17.4. The van der Waals surface area contributed by atoms with Crippen LogP contribution in [0, 0.1) is 0 Å². The summed E-state index contributed by atoms with van der Waals surface area (Å²) in [5.41, 5.74) is 15.9. The average Bonchev–Trinajstić information content (AvgIpc) is 3.41. The first-order chi connectivity index (χ1) is 24.6. The fourth-order valence-electron chi connectivity index (χ4n) is 7.97. The molecule has 0 unspecified atom stereocenters. The lowest BCUT2D eigenvalue weighted by atomic mass is 9.81. The van der Waals surface area contributed by atoms with Gasteiger partial charge in [-0.3, -0.25) is 0 Å². The van der Waals surface area contributed by atoms with Gasteiger partial charge in [0.25, 0.3) is 0 Å². The first-order valence-corrected chi connectivity index (χ1v) is 17.4. The topological polar surface area (TPSA) is 3.24 Å². The van der Waals surface area contributed by atoms with E-state index in [0.29, 0.717) is 0 Å². The lowest BCUT2D eigenvalue weighted by molar-refractivity contribution is 0.660. The van der Waals surface area contributed by atoms with Gasteiger partial charge in [-0.2, -0.15) is 0 Å². The summed E-state index contributed by atoms with van der Waals surface area (Å²) >= 11 is 0.